The molecule has 1 aromatic rings. The molecule has 0 saturated heterocycles. The van der Waals surface area contributed by atoms with Gasteiger partial charge in [0.05, 0.1) is 17.2 Å². The first kappa shape index (κ1) is 16.7. The Kier molecular flexibility index (Phi) is 6.75. The van der Waals surface area contributed by atoms with Crippen molar-refractivity contribution in [2.24, 2.45) is 0 Å². The van der Waals surface area contributed by atoms with Crippen LogP contribution in [0.2, 0.25) is 5.02 Å². The van der Waals surface area contributed by atoms with E-state index >= 15 is 0 Å². The maximum absolute atomic E-state index is 12.6. The van der Waals surface area contributed by atoms with E-state index < -0.39 is 0 Å². The van der Waals surface area contributed by atoms with Crippen LogP contribution in [-0.2, 0) is 4.74 Å². The lowest BCUT2D eigenvalue weighted by molar-refractivity contribution is 0.0613. The second kappa shape index (κ2) is 8.07. The summed E-state index contributed by atoms with van der Waals surface area (Å²) in [6, 6.07) is 1.78. The Bertz CT molecular complexity index is 454. The number of nitrogens with one attached hydrogen (secondary N) is 1. The van der Waals surface area contributed by atoms with Gasteiger partial charge in [-0.3, -0.25) is 4.79 Å². The van der Waals surface area contributed by atoms with E-state index in [9.17, 15) is 4.79 Å². The van der Waals surface area contributed by atoms with Gasteiger partial charge in [0.25, 0.3) is 5.91 Å². The Hall–Kier alpha value is -1.33. The summed E-state index contributed by atoms with van der Waals surface area (Å²) in [5.41, 5.74) is 0.491. The minimum absolute atomic E-state index is 0.0755. The molecule has 0 aliphatic heterocycles. The Balaban J connectivity index is 2.96. The highest BCUT2D eigenvalue weighted by atomic mass is 35.5. The molecule has 0 aromatic carbocycles. The molecular formula is C14H22ClN3O2. The van der Waals surface area contributed by atoms with E-state index in [2.05, 4.69) is 10.3 Å². The van der Waals surface area contributed by atoms with Crippen LogP contribution in [0.25, 0.3) is 0 Å². The monoisotopic (exact) mass is 299 g/mol. The highest BCUT2D eigenvalue weighted by Crippen LogP contribution is 2.21. The molecule has 1 unspecified atom stereocenters. The van der Waals surface area contributed by atoms with Crippen LogP contribution in [0.15, 0.2) is 12.3 Å². The van der Waals surface area contributed by atoms with Gasteiger partial charge in [0.1, 0.15) is 5.82 Å². The second-order valence-electron chi connectivity index (χ2n) is 4.55. The number of amides is 1. The molecule has 20 heavy (non-hydrogen) atoms. The fraction of sp³-hybridized carbons (Fsp3) is 0.571. The molecule has 0 aliphatic rings. The van der Waals surface area contributed by atoms with Crippen LogP contribution >= 0.6 is 11.6 Å². The summed E-state index contributed by atoms with van der Waals surface area (Å²) in [5, 5.41) is 3.31. The molecule has 0 fully saturated rings. The zero-order chi connectivity index (χ0) is 15.1. The van der Waals surface area contributed by atoms with Gasteiger partial charge in [0.2, 0.25) is 0 Å². The average Bonchev–Trinajstić information content (AvgIpc) is 2.46. The molecule has 0 bridgehead atoms. The van der Waals surface area contributed by atoms with Gasteiger partial charge in [-0.05, 0) is 19.4 Å². The number of ether oxygens (including phenoxy) is 1. The number of rotatable bonds is 7. The number of hydrogen-bond donors (Lipinski definition) is 1. The molecule has 0 spiro atoms. The number of hydrogen-bond acceptors (Lipinski definition) is 4. The smallest absolute Gasteiger partial charge is 0.255 e. The summed E-state index contributed by atoms with van der Waals surface area (Å²) in [4.78, 5) is 18.5. The predicted octanol–water partition coefficient (Wildman–Crippen LogP) is 2.66. The molecule has 1 N–H and O–H groups in total. The quantitative estimate of drug-likeness (QED) is 0.841. The van der Waals surface area contributed by atoms with Crippen molar-refractivity contribution >= 4 is 23.3 Å². The predicted molar refractivity (Wildman–Crippen MR) is 81.5 cm³/mol. The van der Waals surface area contributed by atoms with Crippen molar-refractivity contribution in [3.05, 3.63) is 22.8 Å². The molecule has 1 heterocycles. The van der Waals surface area contributed by atoms with Crippen molar-refractivity contribution in [1.82, 2.24) is 9.88 Å². The first-order valence-corrected chi connectivity index (χ1v) is 7.06. The largest absolute Gasteiger partial charge is 0.383 e. The average molecular weight is 300 g/mol. The van der Waals surface area contributed by atoms with E-state index in [1.807, 2.05) is 13.8 Å². The van der Waals surface area contributed by atoms with E-state index in [0.29, 0.717) is 29.6 Å². The summed E-state index contributed by atoms with van der Waals surface area (Å²) >= 11 is 6.08. The minimum atomic E-state index is -0.0755. The minimum Gasteiger partial charge on any atom is -0.383 e. The van der Waals surface area contributed by atoms with Crippen LogP contribution in [-0.4, -0.2) is 49.1 Å². The number of anilines is 1. The molecule has 6 heteroatoms. The summed E-state index contributed by atoms with van der Waals surface area (Å²) in [6.07, 6.45) is 2.42. The zero-order valence-corrected chi connectivity index (χ0v) is 13.2. The Morgan fingerprint density at radius 2 is 2.30 bits per heavy atom. The van der Waals surface area contributed by atoms with Crippen LogP contribution in [0.3, 0.4) is 0 Å². The lowest BCUT2D eigenvalue weighted by Crippen LogP contribution is -2.40. The van der Waals surface area contributed by atoms with Crippen LogP contribution in [0.1, 0.15) is 30.6 Å². The number of pyridine rings is 1. The van der Waals surface area contributed by atoms with Crippen molar-refractivity contribution in [3.63, 3.8) is 0 Å². The van der Waals surface area contributed by atoms with E-state index in [4.69, 9.17) is 16.3 Å². The van der Waals surface area contributed by atoms with Gasteiger partial charge >= 0.3 is 0 Å². The molecular weight excluding hydrogens is 278 g/mol. The fourth-order valence-electron chi connectivity index (χ4n) is 1.84. The van der Waals surface area contributed by atoms with E-state index in [1.54, 1.807) is 31.3 Å². The first-order valence-electron chi connectivity index (χ1n) is 6.68. The summed E-state index contributed by atoms with van der Waals surface area (Å²) in [6.45, 7) is 5.12. The standard InChI is InChI=1S/C14H22ClN3O2/c1-5-10(2)18(6-7-20-4)14(19)11-8-12(15)13(16-3)17-9-11/h8-10H,5-7H2,1-4H3,(H,16,17). The van der Waals surface area contributed by atoms with E-state index in [1.165, 1.54) is 0 Å². The maximum atomic E-state index is 12.6. The van der Waals surface area contributed by atoms with Gasteiger partial charge in [-0.2, -0.15) is 0 Å². The fourth-order valence-corrected chi connectivity index (χ4v) is 2.10. The van der Waals surface area contributed by atoms with Crippen LogP contribution in [0.5, 0.6) is 0 Å². The van der Waals surface area contributed by atoms with Gasteiger partial charge in [-0.1, -0.05) is 18.5 Å². The summed E-state index contributed by atoms with van der Waals surface area (Å²) < 4.78 is 5.07. The Morgan fingerprint density at radius 3 is 2.80 bits per heavy atom. The third-order valence-electron chi connectivity index (χ3n) is 3.24. The van der Waals surface area contributed by atoms with Crippen LogP contribution in [0.4, 0.5) is 5.82 Å². The maximum Gasteiger partial charge on any atom is 0.255 e. The van der Waals surface area contributed by atoms with Crippen LogP contribution in [0, 0.1) is 0 Å². The molecule has 0 aliphatic carbocycles. The zero-order valence-electron chi connectivity index (χ0n) is 12.4. The number of carbonyl (C=O) groups is 1. The Morgan fingerprint density at radius 1 is 1.60 bits per heavy atom. The number of nitrogens with zero attached hydrogens (tertiary/aromatic N) is 2. The van der Waals surface area contributed by atoms with Gasteiger partial charge in [0, 0.05) is 32.9 Å². The number of methoxy groups -OCH3 is 1. The molecule has 1 amide bonds. The highest BCUT2D eigenvalue weighted by molar-refractivity contribution is 6.33. The summed E-state index contributed by atoms with van der Waals surface area (Å²) in [5.74, 6) is 0.489. The third kappa shape index (κ3) is 4.08. The van der Waals surface area contributed by atoms with Crippen LogP contribution < -0.4 is 5.32 Å². The van der Waals surface area contributed by atoms with Gasteiger partial charge in [0.15, 0.2) is 0 Å². The summed E-state index contributed by atoms with van der Waals surface area (Å²) in [7, 11) is 3.36. The van der Waals surface area contributed by atoms with Crippen molar-refractivity contribution in [2.75, 3.05) is 32.6 Å². The lowest BCUT2D eigenvalue weighted by Gasteiger charge is -2.28. The molecule has 0 radical (unpaired) electrons. The van der Waals surface area contributed by atoms with Gasteiger partial charge in [-0.25, -0.2) is 4.98 Å². The number of halogens is 1. The lowest BCUT2D eigenvalue weighted by atomic mass is 10.1. The molecule has 112 valence electrons. The van der Waals surface area contributed by atoms with Crippen molar-refractivity contribution < 1.29 is 9.53 Å². The molecule has 1 rings (SSSR count). The van der Waals surface area contributed by atoms with Crippen molar-refractivity contribution in [2.45, 2.75) is 26.3 Å². The van der Waals surface area contributed by atoms with E-state index in [-0.39, 0.29) is 11.9 Å². The van der Waals surface area contributed by atoms with E-state index in [0.717, 1.165) is 6.42 Å². The SMILES string of the molecule is CCC(C)N(CCOC)C(=O)c1cnc(NC)c(Cl)c1. The normalized spacial score (nSPS) is 12.1. The first-order chi connectivity index (χ1) is 9.54. The van der Waals surface area contributed by atoms with Gasteiger partial charge < -0.3 is 15.0 Å². The number of carbonyl (C=O) groups excluding carboxylic acids is 1. The molecule has 5 nitrogen and oxygen atoms in total. The topological polar surface area (TPSA) is 54.5 Å². The van der Waals surface area contributed by atoms with Crippen molar-refractivity contribution in [1.29, 1.82) is 0 Å². The number of aromatic nitrogens is 1. The Labute approximate surface area is 125 Å². The van der Waals surface area contributed by atoms with Gasteiger partial charge in [-0.15, -0.1) is 0 Å². The second-order valence-corrected chi connectivity index (χ2v) is 4.96. The van der Waals surface area contributed by atoms with Crippen molar-refractivity contribution in [3.8, 4) is 0 Å². The third-order valence-corrected chi connectivity index (χ3v) is 3.53. The molecule has 1 atom stereocenters. The highest BCUT2D eigenvalue weighted by Gasteiger charge is 2.21. The molecule has 0 saturated carbocycles. The molecule has 1 aromatic heterocycles.